The molecule has 0 bridgehead atoms. The average Bonchev–Trinajstić information content (AvgIpc) is 3.31. The van der Waals surface area contributed by atoms with Gasteiger partial charge in [-0.05, 0) is 43.5 Å². The molecule has 1 fully saturated rings. The molecule has 4 nitrogen and oxygen atoms in total. The molecule has 2 aromatic rings. The first-order valence-electron chi connectivity index (χ1n) is 9.80. The Hall–Kier alpha value is -2.40. The Labute approximate surface area is 160 Å². The number of likely N-dealkylation sites (tertiary alicyclic amines) is 1. The van der Waals surface area contributed by atoms with E-state index < -0.39 is 0 Å². The van der Waals surface area contributed by atoms with E-state index in [1.165, 1.54) is 17.3 Å². The Morgan fingerprint density at radius 3 is 2.81 bits per heavy atom. The molecule has 1 N–H and O–H groups in total. The number of halogens is 1. The normalized spacial score (nSPS) is 19.3. The third-order valence-corrected chi connectivity index (χ3v) is 5.66. The van der Waals surface area contributed by atoms with E-state index in [1.54, 1.807) is 12.1 Å². The molecule has 0 aliphatic carbocycles. The van der Waals surface area contributed by atoms with Gasteiger partial charge in [0.15, 0.2) is 0 Å². The number of hydrogen-bond donors (Lipinski definition) is 1. The number of nitrogens with zero attached hydrogens (tertiary/aromatic N) is 2. The van der Waals surface area contributed by atoms with Gasteiger partial charge in [0.25, 0.3) is 0 Å². The van der Waals surface area contributed by atoms with Crippen LogP contribution in [0.5, 0.6) is 0 Å². The summed E-state index contributed by atoms with van der Waals surface area (Å²) in [6.07, 6.45) is 2.89. The summed E-state index contributed by atoms with van der Waals surface area (Å²) in [5.41, 5.74) is 3.33. The van der Waals surface area contributed by atoms with Gasteiger partial charge < -0.3 is 10.2 Å². The molecular formula is C22H26FN3O. The van der Waals surface area contributed by atoms with Gasteiger partial charge in [-0.1, -0.05) is 36.4 Å². The van der Waals surface area contributed by atoms with Gasteiger partial charge in [-0.3, -0.25) is 9.69 Å². The van der Waals surface area contributed by atoms with Crippen molar-refractivity contribution in [3.63, 3.8) is 0 Å². The second-order valence-electron chi connectivity index (χ2n) is 7.38. The fraction of sp³-hybridized carbons (Fsp3) is 0.409. The van der Waals surface area contributed by atoms with Crippen LogP contribution in [0.4, 0.5) is 10.1 Å². The maximum Gasteiger partial charge on any atom is 0.237 e. The number of benzene rings is 2. The molecule has 2 heterocycles. The Kier molecular flexibility index (Phi) is 5.39. The van der Waals surface area contributed by atoms with Gasteiger partial charge in [0.05, 0.1) is 6.04 Å². The Bertz CT molecular complexity index is 810. The van der Waals surface area contributed by atoms with E-state index in [2.05, 4.69) is 39.4 Å². The number of amides is 1. The second kappa shape index (κ2) is 8.09. The highest BCUT2D eigenvalue weighted by Gasteiger charge is 2.31. The lowest BCUT2D eigenvalue weighted by Gasteiger charge is -2.25. The van der Waals surface area contributed by atoms with E-state index in [0.717, 1.165) is 38.9 Å². The first-order chi connectivity index (χ1) is 13.2. The predicted molar refractivity (Wildman–Crippen MR) is 105 cm³/mol. The van der Waals surface area contributed by atoms with Crippen LogP contribution in [0.3, 0.4) is 0 Å². The predicted octanol–water partition coefficient (Wildman–Crippen LogP) is 2.97. The molecule has 2 aliphatic heterocycles. The molecule has 0 saturated carbocycles. The van der Waals surface area contributed by atoms with Crippen LogP contribution in [0.25, 0.3) is 0 Å². The van der Waals surface area contributed by atoms with Crippen molar-refractivity contribution in [3.8, 4) is 0 Å². The molecule has 1 amide bonds. The fourth-order valence-electron chi connectivity index (χ4n) is 4.23. The van der Waals surface area contributed by atoms with E-state index >= 15 is 0 Å². The van der Waals surface area contributed by atoms with Crippen molar-refractivity contribution in [2.24, 2.45) is 0 Å². The monoisotopic (exact) mass is 367 g/mol. The van der Waals surface area contributed by atoms with Crippen LogP contribution in [0.1, 0.15) is 24.0 Å². The molecule has 0 aromatic heterocycles. The number of fused-ring (bicyclic) bond motifs is 1. The van der Waals surface area contributed by atoms with Crippen molar-refractivity contribution in [3.05, 3.63) is 65.5 Å². The molecule has 0 spiro atoms. The average molecular weight is 367 g/mol. The number of nitrogens with one attached hydrogen (secondary N) is 1. The van der Waals surface area contributed by atoms with Gasteiger partial charge in [-0.15, -0.1) is 0 Å². The van der Waals surface area contributed by atoms with Crippen LogP contribution in [0, 0.1) is 5.82 Å². The number of rotatable bonds is 6. The molecule has 27 heavy (non-hydrogen) atoms. The first kappa shape index (κ1) is 18.0. The highest BCUT2D eigenvalue weighted by molar-refractivity contribution is 5.82. The minimum Gasteiger partial charge on any atom is -0.369 e. The van der Waals surface area contributed by atoms with Crippen LogP contribution >= 0.6 is 0 Å². The number of carbonyl (C=O) groups excluding carboxylic acids is 1. The summed E-state index contributed by atoms with van der Waals surface area (Å²) in [7, 11) is 0. The smallest absolute Gasteiger partial charge is 0.237 e. The SMILES string of the molecule is O=C(NCCN1CCc2ccccc21)C1CCCN1Cc1ccccc1F. The fourth-order valence-corrected chi connectivity index (χ4v) is 4.23. The molecule has 5 heteroatoms. The summed E-state index contributed by atoms with van der Waals surface area (Å²) in [6.45, 7) is 3.80. The molecule has 1 unspecified atom stereocenters. The summed E-state index contributed by atoms with van der Waals surface area (Å²) in [6, 6.07) is 15.1. The van der Waals surface area contributed by atoms with E-state index in [-0.39, 0.29) is 17.8 Å². The topological polar surface area (TPSA) is 35.6 Å². The van der Waals surface area contributed by atoms with Crippen molar-refractivity contribution < 1.29 is 9.18 Å². The number of hydrogen-bond acceptors (Lipinski definition) is 3. The zero-order chi connectivity index (χ0) is 18.6. The molecule has 4 rings (SSSR count). The number of para-hydroxylation sites is 1. The molecule has 2 aromatic carbocycles. The van der Waals surface area contributed by atoms with Gasteiger partial charge in [-0.2, -0.15) is 0 Å². The molecule has 2 aliphatic rings. The highest BCUT2D eigenvalue weighted by Crippen LogP contribution is 2.26. The Balaban J connectivity index is 1.30. The van der Waals surface area contributed by atoms with Gasteiger partial charge >= 0.3 is 0 Å². The van der Waals surface area contributed by atoms with E-state index in [9.17, 15) is 9.18 Å². The van der Waals surface area contributed by atoms with Gasteiger partial charge in [0.2, 0.25) is 5.91 Å². The zero-order valence-electron chi connectivity index (χ0n) is 15.5. The van der Waals surface area contributed by atoms with Crippen LogP contribution in [0.15, 0.2) is 48.5 Å². The molecule has 142 valence electrons. The minimum absolute atomic E-state index is 0.0660. The lowest BCUT2D eigenvalue weighted by Crippen LogP contribution is -2.45. The van der Waals surface area contributed by atoms with Crippen LogP contribution < -0.4 is 10.2 Å². The Morgan fingerprint density at radius 2 is 1.93 bits per heavy atom. The Morgan fingerprint density at radius 1 is 1.11 bits per heavy atom. The lowest BCUT2D eigenvalue weighted by molar-refractivity contribution is -0.125. The zero-order valence-corrected chi connectivity index (χ0v) is 15.5. The van der Waals surface area contributed by atoms with Gasteiger partial charge in [0.1, 0.15) is 5.82 Å². The summed E-state index contributed by atoms with van der Waals surface area (Å²) in [4.78, 5) is 17.1. The maximum absolute atomic E-state index is 13.9. The van der Waals surface area contributed by atoms with Crippen LogP contribution in [-0.4, -0.2) is 43.0 Å². The third kappa shape index (κ3) is 3.98. The van der Waals surface area contributed by atoms with Crippen LogP contribution in [-0.2, 0) is 17.8 Å². The van der Waals surface area contributed by atoms with Crippen molar-refractivity contribution in [1.29, 1.82) is 0 Å². The standard InChI is InChI=1S/C22H26FN3O/c23-19-8-3-1-7-18(19)16-26-13-5-10-21(26)22(27)24-12-15-25-14-11-17-6-2-4-9-20(17)25/h1-4,6-9,21H,5,10-16H2,(H,24,27). The van der Waals surface area contributed by atoms with E-state index in [4.69, 9.17) is 0 Å². The highest BCUT2D eigenvalue weighted by atomic mass is 19.1. The summed E-state index contributed by atoms with van der Waals surface area (Å²) in [5, 5.41) is 3.10. The van der Waals surface area contributed by atoms with Gasteiger partial charge in [-0.25, -0.2) is 4.39 Å². The number of anilines is 1. The molecule has 1 atom stereocenters. The lowest BCUT2D eigenvalue weighted by atomic mass is 10.1. The summed E-state index contributed by atoms with van der Waals surface area (Å²) >= 11 is 0. The third-order valence-electron chi connectivity index (χ3n) is 5.66. The van der Waals surface area contributed by atoms with E-state index in [0.29, 0.717) is 18.7 Å². The van der Waals surface area contributed by atoms with Crippen molar-refractivity contribution in [2.45, 2.75) is 31.8 Å². The largest absolute Gasteiger partial charge is 0.369 e. The molecule has 1 saturated heterocycles. The maximum atomic E-state index is 13.9. The van der Waals surface area contributed by atoms with Crippen molar-refractivity contribution in [1.82, 2.24) is 10.2 Å². The summed E-state index contributed by atoms with van der Waals surface area (Å²) < 4.78 is 13.9. The minimum atomic E-state index is -0.198. The van der Waals surface area contributed by atoms with Crippen molar-refractivity contribution in [2.75, 3.05) is 31.1 Å². The summed E-state index contributed by atoms with van der Waals surface area (Å²) in [5.74, 6) is -0.132. The molecule has 0 radical (unpaired) electrons. The first-order valence-corrected chi connectivity index (χ1v) is 9.80. The second-order valence-corrected chi connectivity index (χ2v) is 7.38. The van der Waals surface area contributed by atoms with E-state index in [1.807, 2.05) is 6.07 Å². The van der Waals surface area contributed by atoms with Crippen molar-refractivity contribution >= 4 is 11.6 Å². The number of carbonyl (C=O) groups is 1. The quantitative estimate of drug-likeness (QED) is 0.853. The molecular weight excluding hydrogens is 341 g/mol. The van der Waals surface area contributed by atoms with Gasteiger partial charge in [0, 0.05) is 37.4 Å². The van der Waals surface area contributed by atoms with Crippen LogP contribution in [0.2, 0.25) is 0 Å².